The van der Waals surface area contributed by atoms with Crippen LogP contribution < -0.4 is 5.32 Å². The zero-order valence-corrected chi connectivity index (χ0v) is 17.3. The lowest BCUT2D eigenvalue weighted by atomic mass is 10.2. The van der Waals surface area contributed by atoms with Crippen molar-refractivity contribution in [1.29, 1.82) is 0 Å². The van der Waals surface area contributed by atoms with Gasteiger partial charge in [0.15, 0.2) is 0 Å². The van der Waals surface area contributed by atoms with Crippen molar-refractivity contribution in [2.75, 3.05) is 0 Å². The Labute approximate surface area is 179 Å². The quantitative estimate of drug-likeness (QED) is 0.435. The molecule has 0 unspecified atom stereocenters. The van der Waals surface area contributed by atoms with Gasteiger partial charge in [-0.05, 0) is 42.8 Å². The third-order valence-corrected chi connectivity index (χ3v) is 5.52. The van der Waals surface area contributed by atoms with Gasteiger partial charge in [0.2, 0.25) is 0 Å². The lowest BCUT2D eigenvalue weighted by molar-refractivity contribution is 0.0938. The van der Waals surface area contributed by atoms with Gasteiger partial charge in [0.1, 0.15) is 5.82 Å². The van der Waals surface area contributed by atoms with Gasteiger partial charge in [-0.15, -0.1) is 0 Å². The molecule has 4 nitrogen and oxygen atoms in total. The predicted molar refractivity (Wildman–Crippen MR) is 118 cm³/mol. The van der Waals surface area contributed by atoms with Gasteiger partial charge in [-0.1, -0.05) is 65.7 Å². The highest BCUT2D eigenvalue weighted by atomic mass is 35.5. The summed E-state index contributed by atoms with van der Waals surface area (Å²) in [5.41, 5.74) is 3.28. The summed E-state index contributed by atoms with van der Waals surface area (Å²) < 4.78 is 2.09. The molecule has 0 spiro atoms. The number of imidazole rings is 1. The molecule has 6 heteroatoms. The average molecular weight is 424 g/mol. The number of rotatable bonds is 5. The van der Waals surface area contributed by atoms with Crippen molar-refractivity contribution in [3.63, 3.8) is 0 Å². The number of fused-ring (bicyclic) bond motifs is 1. The molecule has 0 saturated carbocycles. The molecule has 4 rings (SSSR count). The normalized spacial score (nSPS) is 12.1. The predicted octanol–water partition coefficient (Wildman–Crippen LogP) is 5.88. The van der Waals surface area contributed by atoms with Crippen molar-refractivity contribution in [1.82, 2.24) is 14.9 Å². The number of halogens is 2. The van der Waals surface area contributed by atoms with Crippen LogP contribution in [0, 0.1) is 0 Å². The van der Waals surface area contributed by atoms with Crippen LogP contribution in [0.15, 0.2) is 72.8 Å². The molecule has 1 amide bonds. The van der Waals surface area contributed by atoms with E-state index in [2.05, 4.69) is 9.88 Å². The fourth-order valence-corrected chi connectivity index (χ4v) is 3.79. The molecule has 0 radical (unpaired) electrons. The first kappa shape index (κ1) is 19.5. The van der Waals surface area contributed by atoms with Crippen LogP contribution in [-0.2, 0) is 6.54 Å². The SMILES string of the molecule is C[C@H](NC(=O)c1ccccc1Cl)c1nc2ccccc2n1Cc1ccccc1Cl. The van der Waals surface area contributed by atoms with Gasteiger partial charge in [-0.2, -0.15) is 0 Å². The van der Waals surface area contributed by atoms with Gasteiger partial charge < -0.3 is 9.88 Å². The van der Waals surface area contributed by atoms with Crippen molar-refractivity contribution in [3.8, 4) is 0 Å². The summed E-state index contributed by atoms with van der Waals surface area (Å²) in [6.45, 7) is 2.47. The first-order valence-corrected chi connectivity index (χ1v) is 10.0. The first-order chi connectivity index (χ1) is 14.0. The van der Waals surface area contributed by atoms with E-state index in [9.17, 15) is 4.79 Å². The molecule has 1 atom stereocenters. The van der Waals surface area contributed by atoms with Crippen LogP contribution in [-0.4, -0.2) is 15.5 Å². The molecular weight excluding hydrogens is 405 g/mol. The van der Waals surface area contributed by atoms with Gasteiger partial charge in [-0.3, -0.25) is 4.79 Å². The molecule has 1 heterocycles. The van der Waals surface area contributed by atoms with E-state index in [1.165, 1.54) is 0 Å². The molecule has 0 aliphatic rings. The lowest BCUT2D eigenvalue weighted by Gasteiger charge is -2.17. The van der Waals surface area contributed by atoms with E-state index in [1.807, 2.05) is 55.5 Å². The van der Waals surface area contributed by atoms with Crippen molar-refractivity contribution in [3.05, 3.63) is 99.8 Å². The van der Waals surface area contributed by atoms with Crippen LogP contribution in [0.25, 0.3) is 11.0 Å². The number of para-hydroxylation sites is 2. The summed E-state index contributed by atoms with van der Waals surface area (Å²) in [6.07, 6.45) is 0. The number of benzene rings is 3. The highest BCUT2D eigenvalue weighted by Crippen LogP contribution is 2.25. The zero-order valence-electron chi connectivity index (χ0n) is 15.8. The molecule has 29 heavy (non-hydrogen) atoms. The van der Waals surface area contributed by atoms with Crippen LogP contribution in [0.3, 0.4) is 0 Å². The second-order valence-corrected chi connectivity index (χ2v) is 7.63. The molecule has 0 bridgehead atoms. The summed E-state index contributed by atoms with van der Waals surface area (Å²) in [7, 11) is 0. The number of nitrogens with zero attached hydrogens (tertiary/aromatic N) is 2. The first-order valence-electron chi connectivity index (χ1n) is 9.28. The third-order valence-electron chi connectivity index (χ3n) is 4.82. The second kappa shape index (κ2) is 8.27. The van der Waals surface area contributed by atoms with E-state index in [1.54, 1.807) is 24.3 Å². The van der Waals surface area contributed by atoms with E-state index >= 15 is 0 Å². The number of carbonyl (C=O) groups is 1. The Morgan fingerprint density at radius 3 is 2.38 bits per heavy atom. The Morgan fingerprint density at radius 1 is 0.966 bits per heavy atom. The van der Waals surface area contributed by atoms with Crippen molar-refractivity contribution >= 4 is 40.1 Å². The number of aromatic nitrogens is 2. The maximum Gasteiger partial charge on any atom is 0.253 e. The summed E-state index contributed by atoms with van der Waals surface area (Å²) in [6, 6.07) is 22.3. The zero-order chi connectivity index (χ0) is 20.4. The van der Waals surface area contributed by atoms with E-state index < -0.39 is 0 Å². The van der Waals surface area contributed by atoms with Gasteiger partial charge in [0, 0.05) is 5.02 Å². The average Bonchev–Trinajstić information content (AvgIpc) is 3.08. The van der Waals surface area contributed by atoms with Gasteiger partial charge in [0.25, 0.3) is 5.91 Å². The maximum atomic E-state index is 12.7. The Kier molecular flexibility index (Phi) is 5.56. The minimum atomic E-state index is -0.325. The highest BCUT2D eigenvalue weighted by molar-refractivity contribution is 6.33. The van der Waals surface area contributed by atoms with Crippen LogP contribution >= 0.6 is 23.2 Å². The Balaban J connectivity index is 1.70. The van der Waals surface area contributed by atoms with E-state index in [0.29, 0.717) is 22.2 Å². The molecule has 0 fully saturated rings. The second-order valence-electron chi connectivity index (χ2n) is 6.81. The number of carbonyl (C=O) groups excluding carboxylic acids is 1. The molecule has 0 aliphatic carbocycles. The van der Waals surface area contributed by atoms with E-state index in [-0.39, 0.29) is 11.9 Å². The molecule has 3 aromatic carbocycles. The molecule has 0 saturated heterocycles. The van der Waals surface area contributed by atoms with Crippen molar-refractivity contribution in [2.45, 2.75) is 19.5 Å². The third kappa shape index (κ3) is 4.00. The van der Waals surface area contributed by atoms with Crippen LogP contribution in [0.4, 0.5) is 0 Å². The lowest BCUT2D eigenvalue weighted by Crippen LogP contribution is -2.29. The molecule has 4 aromatic rings. The fraction of sp³-hybridized carbons (Fsp3) is 0.130. The van der Waals surface area contributed by atoms with Gasteiger partial charge >= 0.3 is 0 Å². The maximum absolute atomic E-state index is 12.7. The van der Waals surface area contributed by atoms with Crippen LogP contribution in [0.5, 0.6) is 0 Å². The summed E-state index contributed by atoms with van der Waals surface area (Å²) in [4.78, 5) is 17.5. The minimum Gasteiger partial charge on any atom is -0.342 e. The standard InChI is InChI=1S/C23H19Cl2N3O/c1-15(26-23(29)17-9-3-5-11-19(17)25)22-27-20-12-6-7-13-21(20)28(22)14-16-8-2-4-10-18(16)24/h2-13,15H,14H2,1H3,(H,26,29)/t15-/m0/s1. The molecular formula is C23H19Cl2N3O. The fourth-order valence-electron chi connectivity index (χ4n) is 3.37. The largest absolute Gasteiger partial charge is 0.342 e. The highest BCUT2D eigenvalue weighted by Gasteiger charge is 2.20. The number of amides is 1. The number of hydrogen-bond acceptors (Lipinski definition) is 2. The topological polar surface area (TPSA) is 46.9 Å². The van der Waals surface area contributed by atoms with E-state index in [4.69, 9.17) is 28.2 Å². The Bertz CT molecular complexity index is 1190. The molecule has 146 valence electrons. The summed E-state index contributed by atoms with van der Waals surface area (Å²) in [5, 5.41) is 4.13. The van der Waals surface area contributed by atoms with E-state index in [0.717, 1.165) is 22.4 Å². The van der Waals surface area contributed by atoms with Gasteiger partial charge in [-0.25, -0.2) is 4.98 Å². The minimum absolute atomic E-state index is 0.237. The number of nitrogens with one attached hydrogen (secondary N) is 1. The van der Waals surface area contributed by atoms with Gasteiger partial charge in [0.05, 0.1) is 34.2 Å². The monoisotopic (exact) mass is 423 g/mol. The molecule has 0 aliphatic heterocycles. The Hall–Kier alpha value is -2.82. The number of hydrogen-bond donors (Lipinski definition) is 1. The van der Waals surface area contributed by atoms with Crippen molar-refractivity contribution in [2.24, 2.45) is 0 Å². The summed E-state index contributed by atoms with van der Waals surface area (Å²) >= 11 is 12.6. The van der Waals surface area contributed by atoms with Crippen molar-refractivity contribution < 1.29 is 4.79 Å². The smallest absolute Gasteiger partial charge is 0.253 e. The van der Waals surface area contributed by atoms with Crippen LogP contribution in [0.1, 0.15) is 34.7 Å². The molecule has 1 N–H and O–H groups in total. The molecule has 1 aromatic heterocycles. The van der Waals surface area contributed by atoms with Crippen LogP contribution in [0.2, 0.25) is 10.0 Å². The Morgan fingerprint density at radius 2 is 1.62 bits per heavy atom. The summed E-state index contributed by atoms with van der Waals surface area (Å²) in [5.74, 6) is 0.519.